The lowest BCUT2D eigenvalue weighted by Crippen LogP contribution is -2.42. The summed E-state index contributed by atoms with van der Waals surface area (Å²) in [6.45, 7) is 2.13. The quantitative estimate of drug-likeness (QED) is 0.549. The Morgan fingerprint density at radius 2 is 1.71 bits per heavy atom. The standard InChI is InChI=1S/C27H30N2O5/c1-2-17(12-24(30)28-18-11-16-13-27(16,14-18)25(31)32)29-26(33)34-15-23-21-9-5-3-7-19(21)20-8-4-6-10-22(20)23/h3-10,16-18,23H,2,11-15H2,1H3,(H,28,30)(H,29,33)(H,31,32). The monoisotopic (exact) mass is 462 g/mol. The molecule has 3 N–H and O–H groups in total. The first-order chi connectivity index (χ1) is 16.4. The number of benzene rings is 2. The molecule has 3 aliphatic rings. The summed E-state index contributed by atoms with van der Waals surface area (Å²) in [4.78, 5) is 36.6. The fourth-order valence-electron chi connectivity index (χ4n) is 5.88. The molecule has 2 saturated carbocycles. The summed E-state index contributed by atoms with van der Waals surface area (Å²) in [5, 5.41) is 15.2. The molecule has 0 heterocycles. The average molecular weight is 463 g/mol. The van der Waals surface area contributed by atoms with E-state index in [0.717, 1.165) is 17.5 Å². The Hall–Kier alpha value is -3.35. The lowest BCUT2D eigenvalue weighted by molar-refractivity contribution is -0.143. The van der Waals surface area contributed by atoms with Crippen molar-refractivity contribution in [3.05, 3.63) is 59.7 Å². The van der Waals surface area contributed by atoms with Gasteiger partial charge in [0, 0.05) is 24.4 Å². The zero-order chi connectivity index (χ0) is 23.9. The molecule has 0 bridgehead atoms. The summed E-state index contributed by atoms with van der Waals surface area (Å²) in [6.07, 6.45) is 2.12. The third kappa shape index (κ3) is 4.04. The van der Waals surface area contributed by atoms with E-state index >= 15 is 0 Å². The van der Waals surface area contributed by atoms with Gasteiger partial charge in [-0.05, 0) is 53.9 Å². The molecule has 2 aromatic rings. The highest BCUT2D eigenvalue weighted by molar-refractivity contribution is 5.81. The Kier molecular flexibility index (Phi) is 5.80. The molecular formula is C27H30N2O5. The van der Waals surface area contributed by atoms with Crippen molar-refractivity contribution in [2.45, 2.75) is 57.0 Å². The molecule has 34 heavy (non-hydrogen) atoms. The number of carbonyl (C=O) groups excluding carboxylic acids is 2. The molecule has 0 spiro atoms. The van der Waals surface area contributed by atoms with Crippen LogP contribution in [0.3, 0.4) is 0 Å². The van der Waals surface area contributed by atoms with Crippen molar-refractivity contribution in [2.24, 2.45) is 11.3 Å². The molecular weight excluding hydrogens is 432 g/mol. The van der Waals surface area contributed by atoms with Gasteiger partial charge in [-0.3, -0.25) is 9.59 Å². The molecule has 0 aromatic heterocycles. The Balaban J connectivity index is 1.13. The van der Waals surface area contributed by atoms with Gasteiger partial charge in [-0.2, -0.15) is 0 Å². The van der Waals surface area contributed by atoms with Crippen LogP contribution < -0.4 is 10.6 Å². The Bertz CT molecular complexity index is 1090. The summed E-state index contributed by atoms with van der Waals surface area (Å²) in [5.74, 6) is -0.761. The maximum atomic E-state index is 12.6. The molecule has 0 aliphatic heterocycles. The van der Waals surface area contributed by atoms with E-state index < -0.39 is 17.5 Å². The summed E-state index contributed by atoms with van der Waals surface area (Å²) < 4.78 is 5.60. The van der Waals surface area contributed by atoms with Crippen LogP contribution in [0.4, 0.5) is 4.79 Å². The number of nitrogens with one attached hydrogen (secondary N) is 2. The molecule has 2 fully saturated rings. The minimum Gasteiger partial charge on any atom is -0.481 e. The number of carboxylic acids is 1. The molecule has 178 valence electrons. The van der Waals surface area contributed by atoms with Gasteiger partial charge in [-0.15, -0.1) is 0 Å². The van der Waals surface area contributed by atoms with Crippen molar-refractivity contribution in [1.82, 2.24) is 10.6 Å². The maximum absolute atomic E-state index is 12.6. The summed E-state index contributed by atoms with van der Waals surface area (Å²) in [7, 11) is 0. The smallest absolute Gasteiger partial charge is 0.407 e. The van der Waals surface area contributed by atoms with Crippen LogP contribution in [0.25, 0.3) is 11.1 Å². The second kappa shape index (κ2) is 8.78. The first-order valence-corrected chi connectivity index (χ1v) is 12.1. The zero-order valence-corrected chi connectivity index (χ0v) is 19.3. The van der Waals surface area contributed by atoms with Crippen LogP contribution in [0.15, 0.2) is 48.5 Å². The van der Waals surface area contributed by atoms with E-state index in [1.807, 2.05) is 31.2 Å². The van der Waals surface area contributed by atoms with Gasteiger partial charge in [0.05, 0.1) is 5.41 Å². The zero-order valence-electron chi connectivity index (χ0n) is 19.3. The van der Waals surface area contributed by atoms with E-state index in [1.165, 1.54) is 11.1 Å². The van der Waals surface area contributed by atoms with Gasteiger partial charge in [0.25, 0.3) is 0 Å². The third-order valence-corrected chi connectivity index (χ3v) is 7.79. The average Bonchev–Trinajstić information content (AvgIpc) is 3.26. The number of hydrogen-bond acceptors (Lipinski definition) is 4. The lowest BCUT2D eigenvalue weighted by atomic mass is 9.98. The van der Waals surface area contributed by atoms with Gasteiger partial charge >= 0.3 is 12.1 Å². The SMILES string of the molecule is CCC(CC(=O)NC1CC2CC2(C(=O)O)C1)NC(=O)OCC1c2ccccc2-c2ccccc21. The van der Waals surface area contributed by atoms with Gasteiger partial charge in [0.1, 0.15) is 6.61 Å². The number of rotatable bonds is 8. The summed E-state index contributed by atoms with van der Waals surface area (Å²) in [6, 6.07) is 15.9. The first kappa shape index (κ1) is 22.4. The van der Waals surface area contributed by atoms with Crippen LogP contribution in [0.2, 0.25) is 0 Å². The van der Waals surface area contributed by atoms with E-state index in [-0.39, 0.29) is 42.9 Å². The summed E-state index contributed by atoms with van der Waals surface area (Å²) >= 11 is 0. The number of carboxylic acid groups (broad SMARTS) is 1. The fraction of sp³-hybridized carbons (Fsp3) is 0.444. The lowest BCUT2D eigenvalue weighted by Gasteiger charge is -2.20. The molecule has 0 saturated heterocycles. The van der Waals surface area contributed by atoms with E-state index in [4.69, 9.17) is 4.74 Å². The van der Waals surface area contributed by atoms with Crippen LogP contribution in [-0.4, -0.2) is 41.8 Å². The number of alkyl carbamates (subject to hydrolysis) is 1. The number of amides is 2. The van der Waals surface area contributed by atoms with Crippen molar-refractivity contribution in [2.75, 3.05) is 6.61 Å². The van der Waals surface area contributed by atoms with Crippen molar-refractivity contribution in [3.8, 4) is 11.1 Å². The Labute approximate surface area is 198 Å². The Morgan fingerprint density at radius 3 is 2.29 bits per heavy atom. The fourth-order valence-corrected chi connectivity index (χ4v) is 5.88. The second-order valence-electron chi connectivity index (χ2n) is 9.85. The Morgan fingerprint density at radius 1 is 1.06 bits per heavy atom. The molecule has 0 radical (unpaired) electrons. The first-order valence-electron chi connectivity index (χ1n) is 12.1. The van der Waals surface area contributed by atoms with Crippen molar-refractivity contribution in [3.63, 3.8) is 0 Å². The second-order valence-corrected chi connectivity index (χ2v) is 9.85. The summed E-state index contributed by atoms with van der Waals surface area (Å²) in [5.41, 5.74) is 4.02. The highest BCUT2D eigenvalue weighted by atomic mass is 16.5. The van der Waals surface area contributed by atoms with E-state index in [9.17, 15) is 19.5 Å². The highest BCUT2D eigenvalue weighted by Crippen LogP contribution is 2.63. The van der Waals surface area contributed by atoms with Gasteiger partial charge < -0.3 is 20.5 Å². The number of aliphatic carboxylic acids is 1. The maximum Gasteiger partial charge on any atom is 0.407 e. The van der Waals surface area contributed by atoms with Crippen LogP contribution in [0.1, 0.15) is 56.1 Å². The molecule has 2 amide bonds. The topological polar surface area (TPSA) is 105 Å². The predicted octanol–water partition coefficient (Wildman–Crippen LogP) is 4.06. The minimum absolute atomic E-state index is 0.0168. The van der Waals surface area contributed by atoms with Crippen LogP contribution in [-0.2, 0) is 14.3 Å². The molecule has 4 unspecified atom stereocenters. The van der Waals surface area contributed by atoms with Gasteiger partial charge in [-0.25, -0.2) is 4.79 Å². The number of hydrogen-bond donors (Lipinski definition) is 3. The van der Waals surface area contributed by atoms with Crippen LogP contribution in [0, 0.1) is 11.3 Å². The highest BCUT2D eigenvalue weighted by Gasteiger charge is 2.65. The third-order valence-electron chi connectivity index (χ3n) is 7.79. The number of fused-ring (bicyclic) bond motifs is 4. The molecule has 3 aliphatic carbocycles. The predicted molar refractivity (Wildman–Crippen MR) is 126 cm³/mol. The van der Waals surface area contributed by atoms with Crippen LogP contribution >= 0.6 is 0 Å². The van der Waals surface area contributed by atoms with Crippen molar-refractivity contribution in [1.29, 1.82) is 0 Å². The largest absolute Gasteiger partial charge is 0.481 e. The van der Waals surface area contributed by atoms with Crippen molar-refractivity contribution >= 4 is 18.0 Å². The molecule has 5 rings (SSSR count). The van der Waals surface area contributed by atoms with E-state index in [2.05, 4.69) is 34.9 Å². The number of carbonyl (C=O) groups is 3. The normalized spacial score (nSPS) is 25.0. The van der Waals surface area contributed by atoms with Gasteiger partial charge in [0.2, 0.25) is 5.91 Å². The molecule has 4 atom stereocenters. The molecule has 7 nitrogen and oxygen atoms in total. The van der Waals surface area contributed by atoms with Gasteiger partial charge in [-0.1, -0.05) is 55.5 Å². The molecule has 2 aromatic carbocycles. The van der Waals surface area contributed by atoms with Gasteiger partial charge in [0.15, 0.2) is 0 Å². The van der Waals surface area contributed by atoms with Crippen LogP contribution in [0.5, 0.6) is 0 Å². The van der Waals surface area contributed by atoms with Crippen molar-refractivity contribution < 1.29 is 24.2 Å². The minimum atomic E-state index is -0.752. The van der Waals surface area contributed by atoms with E-state index in [0.29, 0.717) is 19.3 Å². The molecule has 7 heteroatoms. The number of ether oxygens (including phenoxy) is 1. The van der Waals surface area contributed by atoms with E-state index in [1.54, 1.807) is 0 Å².